The van der Waals surface area contributed by atoms with E-state index in [0.717, 1.165) is 5.75 Å². The van der Waals surface area contributed by atoms with E-state index in [1.165, 1.54) is 36.7 Å². The Balaban J connectivity index is 1.28. The summed E-state index contributed by atoms with van der Waals surface area (Å²) >= 11 is 0. The number of anilines is 2. The predicted octanol–water partition coefficient (Wildman–Crippen LogP) is 4.09. The number of aromatic nitrogens is 2. The van der Waals surface area contributed by atoms with Crippen molar-refractivity contribution in [3.05, 3.63) is 97.3 Å². The molecule has 0 aliphatic carbocycles. The number of carbonyl (C=O) groups is 1. The number of hydrogen-bond acceptors (Lipinski definition) is 7. The molecule has 1 heterocycles. The number of nitrogens with one attached hydrogen (secondary N) is 2. The lowest BCUT2D eigenvalue weighted by atomic mass is 10.3. The van der Waals surface area contributed by atoms with Gasteiger partial charge in [-0.2, -0.15) is 0 Å². The van der Waals surface area contributed by atoms with Crippen molar-refractivity contribution < 1.29 is 22.7 Å². The van der Waals surface area contributed by atoms with E-state index in [9.17, 15) is 13.2 Å². The Labute approximate surface area is 196 Å². The molecule has 0 spiro atoms. The summed E-state index contributed by atoms with van der Waals surface area (Å²) in [6, 6.07) is 23.5. The number of carbonyl (C=O) groups excluding carboxylic acids is 1. The van der Waals surface area contributed by atoms with E-state index in [-0.39, 0.29) is 17.5 Å². The molecule has 0 fully saturated rings. The van der Waals surface area contributed by atoms with Crippen LogP contribution in [0, 0.1) is 0 Å². The normalized spacial score (nSPS) is 10.8. The van der Waals surface area contributed by atoms with Gasteiger partial charge in [-0.05, 0) is 66.7 Å². The molecule has 4 aromatic rings. The highest BCUT2D eigenvalue weighted by Gasteiger charge is 2.15. The van der Waals surface area contributed by atoms with Crippen LogP contribution in [0.3, 0.4) is 0 Å². The lowest BCUT2D eigenvalue weighted by molar-refractivity contribution is -0.118. The van der Waals surface area contributed by atoms with Crippen molar-refractivity contribution in [3.63, 3.8) is 0 Å². The average molecular weight is 477 g/mol. The highest BCUT2D eigenvalue weighted by atomic mass is 32.2. The van der Waals surface area contributed by atoms with Gasteiger partial charge in [0, 0.05) is 18.1 Å². The van der Waals surface area contributed by atoms with Gasteiger partial charge in [-0.25, -0.2) is 23.1 Å². The summed E-state index contributed by atoms with van der Waals surface area (Å²) in [6.45, 7) is -0.216. The third-order valence-electron chi connectivity index (χ3n) is 4.41. The lowest BCUT2D eigenvalue weighted by Crippen LogP contribution is -2.20. The topological polar surface area (TPSA) is 120 Å². The zero-order valence-corrected chi connectivity index (χ0v) is 18.6. The highest BCUT2D eigenvalue weighted by Crippen LogP contribution is 2.23. The molecule has 3 aromatic carbocycles. The van der Waals surface area contributed by atoms with Crippen LogP contribution < -0.4 is 19.5 Å². The lowest BCUT2D eigenvalue weighted by Gasteiger charge is -2.10. The third-order valence-corrected chi connectivity index (χ3v) is 5.76. The Hall–Kier alpha value is -4.44. The molecule has 2 N–H and O–H groups in total. The van der Waals surface area contributed by atoms with E-state index in [0.29, 0.717) is 17.2 Å². The fourth-order valence-corrected chi connectivity index (χ4v) is 3.78. The van der Waals surface area contributed by atoms with Crippen LogP contribution in [0.25, 0.3) is 0 Å². The molecule has 1 aromatic heterocycles. The first kappa shape index (κ1) is 22.7. The number of para-hydroxylation sites is 1. The van der Waals surface area contributed by atoms with Gasteiger partial charge in [-0.15, -0.1) is 0 Å². The molecule has 0 saturated heterocycles. The summed E-state index contributed by atoms with van der Waals surface area (Å²) in [5.74, 6) is 1.45. The first-order chi connectivity index (χ1) is 16.5. The largest absolute Gasteiger partial charge is 0.484 e. The van der Waals surface area contributed by atoms with Crippen LogP contribution >= 0.6 is 0 Å². The van der Waals surface area contributed by atoms with E-state index < -0.39 is 15.9 Å². The number of rotatable bonds is 9. The van der Waals surface area contributed by atoms with E-state index in [1.807, 2.05) is 30.3 Å². The van der Waals surface area contributed by atoms with Gasteiger partial charge in [0.05, 0.1) is 4.90 Å². The zero-order chi connectivity index (χ0) is 23.8. The van der Waals surface area contributed by atoms with Crippen molar-refractivity contribution in [2.24, 2.45) is 0 Å². The molecular weight excluding hydrogens is 456 g/mol. The summed E-state index contributed by atoms with van der Waals surface area (Å²) in [7, 11) is -3.85. The minimum atomic E-state index is -3.85. The Morgan fingerprint density at radius 3 is 2.06 bits per heavy atom. The van der Waals surface area contributed by atoms with Gasteiger partial charge in [-0.3, -0.25) is 4.79 Å². The van der Waals surface area contributed by atoms with Crippen LogP contribution in [0.15, 0.2) is 102 Å². The minimum absolute atomic E-state index is 0.00649. The number of hydrogen-bond donors (Lipinski definition) is 2. The van der Waals surface area contributed by atoms with E-state index >= 15 is 0 Å². The smallest absolute Gasteiger partial charge is 0.264 e. The maximum Gasteiger partial charge on any atom is 0.264 e. The molecular formula is C24H20N4O5S. The zero-order valence-electron chi connectivity index (χ0n) is 17.8. The number of nitrogens with zero attached hydrogens (tertiary/aromatic N) is 2. The number of sulfonamides is 1. The fraction of sp³-hybridized carbons (Fsp3) is 0.0417. The second-order valence-corrected chi connectivity index (χ2v) is 8.61. The van der Waals surface area contributed by atoms with E-state index in [4.69, 9.17) is 9.47 Å². The van der Waals surface area contributed by atoms with Crippen molar-refractivity contribution >= 4 is 27.6 Å². The molecule has 0 radical (unpaired) electrons. The van der Waals surface area contributed by atoms with Crippen LogP contribution in [0.4, 0.5) is 11.6 Å². The average Bonchev–Trinajstić information content (AvgIpc) is 2.85. The molecule has 9 nitrogen and oxygen atoms in total. The predicted molar refractivity (Wildman–Crippen MR) is 126 cm³/mol. The van der Waals surface area contributed by atoms with Crippen LogP contribution in [0.5, 0.6) is 17.2 Å². The first-order valence-electron chi connectivity index (χ1n) is 10.1. The Kier molecular flexibility index (Phi) is 6.99. The van der Waals surface area contributed by atoms with Gasteiger partial charge >= 0.3 is 0 Å². The van der Waals surface area contributed by atoms with Crippen molar-refractivity contribution in [2.45, 2.75) is 4.90 Å². The molecule has 4 rings (SSSR count). The summed E-state index contributed by atoms with van der Waals surface area (Å²) in [4.78, 5) is 19.9. The van der Waals surface area contributed by atoms with Crippen LogP contribution in [0.1, 0.15) is 0 Å². The quantitative estimate of drug-likeness (QED) is 0.373. The van der Waals surface area contributed by atoms with Crippen molar-refractivity contribution in [1.29, 1.82) is 0 Å². The molecule has 0 atom stereocenters. The van der Waals surface area contributed by atoms with E-state index in [1.54, 1.807) is 30.3 Å². The molecule has 0 bridgehead atoms. The molecule has 34 heavy (non-hydrogen) atoms. The third kappa shape index (κ3) is 6.30. The van der Waals surface area contributed by atoms with Gasteiger partial charge in [0.1, 0.15) is 17.2 Å². The molecule has 172 valence electrons. The Morgan fingerprint density at radius 1 is 0.765 bits per heavy atom. The van der Waals surface area contributed by atoms with Crippen LogP contribution in [-0.2, 0) is 14.8 Å². The Bertz CT molecular complexity index is 1330. The van der Waals surface area contributed by atoms with Crippen LogP contribution in [0.2, 0.25) is 0 Å². The second kappa shape index (κ2) is 10.5. The van der Waals surface area contributed by atoms with Crippen molar-refractivity contribution in [2.75, 3.05) is 16.6 Å². The molecule has 0 aliphatic rings. The molecule has 0 saturated carbocycles. The number of benzene rings is 3. The maximum absolute atomic E-state index is 12.4. The van der Waals surface area contributed by atoms with Gasteiger partial charge in [0.15, 0.2) is 6.61 Å². The number of amides is 1. The summed E-state index contributed by atoms with van der Waals surface area (Å²) in [6.07, 6.45) is 2.86. The molecule has 0 aliphatic heterocycles. The second-order valence-electron chi connectivity index (χ2n) is 6.93. The summed E-state index contributed by atoms with van der Waals surface area (Å²) in [5, 5.41) is 2.66. The van der Waals surface area contributed by atoms with Gasteiger partial charge < -0.3 is 14.8 Å². The monoisotopic (exact) mass is 476 g/mol. The summed E-state index contributed by atoms with van der Waals surface area (Å²) in [5.41, 5.74) is 0.426. The van der Waals surface area contributed by atoms with Crippen molar-refractivity contribution in [1.82, 2.24) is 9.97 Å². The molecule has 0 unspecified atom stereocenters. The van der Waals surface area contributed by atoms with Crippen LogP contribution in [-0.4, -0.2) is 30.9 Å². The first-order valence-corrected chi connectivity index (χ1v) is 11.6. The summed E-state index contributed by atoms with van der Waals surface area (Å²) < 4.78 is 38.3. The molecule has 10 heteroatoms. The standard InChI is InChI=1S/C24H20N4O5S/c29-23(17-32-19-9-11-21(12-10-19)33-20-5-2-1-3-6-20)27-18-7-13-22(14-8-18)34(30,31)28-24-25-15-4-16-26-24/h1-16H,17H2,(H,27,29)(H,25,26,28). The highest BCUT2D eigenvalue weighted by molar-refractivity contribution is 7.92. The Morgan fingerprint density at radius 2 is 1.38 bits per heavy atom. The minimum Gasteiger partial charge on any atom is -0.484 e. The van der Waals surface area contributed by atoms with E-state index in [2.05, 4.69) is 20.0 Å². The van der Waals surface area contributed by atoms with Gasteiger partial charge in [-0.1, -0.05) is 18.2 Å². The fourth-order valence-electron chi connectivity index (χ4n) is 2.82. The van der Waals surface area contributed by atoms with Crippen molar-refractivity contribution in [3.8, 4) is 17.2 Å². The maximum atomic E-state index is 12.4. The van der Waals surface area contributed by atoms with Gasteiger partial charge in [0.25, 0.3) is 15.9 Å². The number of ether oxygens (including phenoxy) is 2. The molecule has 1 amide bonds. The van der Waals surface area contributed by atoms with Gasteiger partial charge in [0.2, 0.25) is 5.95 Å². The SMILES string of the molecule is O=C(COc1ccc(Oc2ccccc2)cc1)Nc1ccc(S(=O)(=O)Nc2ncccn2)cc1.